The lowest BCUT2D eigenvalue weighted by Gasteiger charge is -2.31. The zero-order chi connectivity index (χ0) is 23.8. The molecule has 0 aromatic heterocycles. The fourth-order valence-corrected chi connectivity index (χ4v) is 4.65. The first kappa shape index (κ1) is 22.4. The van der Waals surface area contributed by atoms with Crippen molar-refractivity contribution in [1.29, 1.82) is 0 Å². The molecule has 0 spiro atoms. The van der Waals surface area contributed by atoms with Gasteiger partial charge in [-0.05, 0) is 51.0 Å². The van der Waals surface area contributed by atoms with Gasteiger partial charge in [-0.25, -0.2) is 5.43 Å². The van der Waals surface area contributed by atoms with Gasteiger partial charge in [0, 0.05) is 17.2 Å². The molecule has 5 unspecified atom stereocenters. The Morgan fingerprint density at radius 1 is 1.24 bits per heavy atom. The number of hydrazine groups is 1. The van der Waals surface area contributed by atoms with Crippen LogP contribution in [0.3, 0.4) is 0 Å². The highest BCUT2D eigenvalue weighted by Gasteiger charge is 2.51. The highest BCUT2D eigenvalue weighted by atomic mass is 16.5. The van der Waals surface area contributed by atoms with E-state index >= 15 is 0 Å². The van der Waals surface area contributed by atoms with Gasteiger partial charge in [0.2, 0.25) is 0 Å². The van der Waals surface area contributed by atoms with Crippen LogP contribution in [0.1, 0.15) is 30.0 Å². The van der Waals surface area contributed by atoms with Crippen molar-refractivity contribution in [1.82, 2.24) is 10.4 Å². The standard InChI is InChI=1S/C26H29N5O3/c1-4-34-26(33)20-13-19(20)21-14-22(18-11-10-15(2)12-16(18)3)31-24(27-21)23(25(32)30-31)29-28-17-8-6-5-7-9-17/h5-12,14,19-20,23-25,30,32H,4,13H2,1-3H3. The molecule has 2 heterocycles. The molecule has 3 aliphatic rings. The van der Waals surface area contributed by atoms with E-state index < -0.39 is 18.4 Å². The van der Waals surface area contributed by atoms with Crippen LogP contribution in [0.5, 0.6) is 0 Å². The van der Waals surface area contributed by atoms with Gasteiger partial charge in [-0.15, -0.1) is 0 Å². The number of esters is 1. The number of allylic oxidation sites excluding steroid dienone is 1. The molecule has 34 heavy (non-hydrogen) atoms. The van der Waals surface area contributed by atoms with Crippen molar-refractivity contribution in [3.05, 3.63) is 71.3 Å². The summed E-state index contributed by atoms with van der Waals surface area (Å²) >= 11 is 0. The van der Waals surface area contributed by atoms with Crippen LogP contribution in [0.15, 0.2) is 69.8 Å². The van der Waals surface area contributed by atoms with Crippen LogP contribution in [0.2, 0.25) is 0 Å². The van der Waals surface area contributed by atoms with Gasteiger partial charge in [-0.2, -0.15) is 10.2 Å². The van der Waals surface area contributed by atoms with Crippen molar-refractivity contribution in [2.45, 2.75) is 45.6 Å². The Morgan fingerprint density at radius 3 is 2.76 bits per heavy atom. The number of nitrogens with one attached hydrogen (secondary N) is 1. The average molecular weight is 460 g/mol. The minimum atomic E-state index is -0.949. The summed E-state index contributed by atoms with van der Waals surface area (Å²) in [5.41, 5.74) is 8.92. The number of hydrogen-bond donors (Lipinski definition) is 2. The van der Waals surface area contributed by atoms with Crippen molar-refractivity contribution in [2.75, 3.05) is 6.61 Å². The number of azo groups is 1. The number of benzene rings is 2. The first-order valence-electron chi connectivity index (χ1n) is 11.7. The lowest BCUT2D eigenvalue weighted by atomic mass is 9.99. The van der Waals surface area contributed by atoms with Crippen LogP contribution in [-0.4, -0.2) is 46.8 Å². The Morgan fingerprint density at radius 2 is 2.03 bits per heavy atom. The van der Waals surface area contributed by atoms with E-state index in [0.29, 0.717) is 18.7 Å². The summed E-state index contributed by atoms with van der Waals surface area (Å²) in [6.07, 6.45) is 1.30. The number of carbonyl (C=O) groups is 1. The van der Waals surface area contributed by atoms with E-state index in [2.05, 4.69) is 47.7 Å². The summed E-state index contributed by atoms with van der Waals surface area (Å²) in [5, 5.41) is 21.5. The molecule has 2 aromatic rings. The first-order valence-corrected chi connectivity index (χ1v) is 11.7. The van der Waals surface area contributed by atoms with Gasteiger partial charge < -0.3 is 9.84 Å². The number of aliphatic imine (C=N–C) groups is 1. The molecule has 1 aliphatic carbocycles. The molecule has 0 amide bonds. The Kier molecular flexibility index (Phi) is 6.02. The predicted molar refractivity (Wildman–Crippen MR) is 129 cm³/mol. The highest BCUT2D eigenvalue weighted by Crippen LogP contribution is 2.44. The van der Waals surface area contributed by atoms with Gasteiger partial charge in [-0.3, -0.25) is 14.8 Å². The molecule has 2 fully saturated rings. The lowest BCUT2D eigenvalue weighted by Crippen LogP contribution is -2.40. The predicted octanol–water partition coefficient (Wildman–Crippen LogP) is 3.92. The lowest BCUT2D eigenvalue weighted by molar-refractivity contribution is -0.144. The summed E-state index contributed by atoms with van der Waals surface area (Å²) in [7, 11) is 0. The number of rotatable bonds is 6. The Labute approximate surface area is 199 Å². The largest absolute Gasteiger partial charge is 0.466 e. The van der Waals surface area contributed by atoms with Gasteiger partial charge >= 0.3 is 5.97 Å². The molecule has 8 nitrogen and oxygen atoms in total. The second kappa shape index (κ2) is 9.12. The van der Waals surface area contributed by atoms with E-state index in [4.69, 9.17) is 9.73 Å². The van der Waals surface area contributed by atoms with E-state index in [0.717, 1.165) is 22.5 Å². The fourth-order valence-electron chi connectivity index (χ4n) is 4.65. The quantitative estimate of drug-likeness (QED) is 0.504. The maximum absolute atomic E-state index is 12.3. The van der Waals surface area contributed by atoms with E-state index in [1.54, 1.807) is 0 Å². The van der Waals surface area contributed by atoms with Crippen molar-refractivity contribution in [3.63, 3.8) is 0 Å². The molecule has 2 aliphatic heterocycles. The Balaban J connectivity index is 1.50. The zero-order valence-corrected chi connectivity index (χ0v) is 19.5. The van der Waals surface area contributed by atoms with E-state index in [1.165, 1.54) is 5.56 Å². The highest BCUT2D eigenvalue weighted by molar-refractivity contribution is 6.07. The molecule has 5 rings (SSSR count). The van der Waals surface area contributed by atoms with Crippen LogP contribution >= 0.6 is 0 Å². The Bertz CT molecular complexity index is 1180. The van der Waals surface area contributed by atoms with Crippen LogP contribution in [-0.2, 0) is 9.53 Å². The van der Waals surface area contributed by atoms with E-state index in [9.17, 15) is 9.90 Å². The minimum absolute atomic E-state index is 0.00593. The third kappa shape index (κ3) is 4.26. The maximum atomic E-state index is 12.3. The number of fused-ring (bicyclic) bond motifs is 1. The molecule has 0 bridgehead atoms. The molecular weight excluding hydrogens is 430 g/mol. The van der Waals surface area contributed by atoms with Crippen LogP contribution < -0.4 is 5.43 Å². The van der Waals surface area contributed by atoms with Gasteiger partial charge in [-0.1, -0.05) is 42.0 Å². The number of hydrogen-bond acceptors (Lipinski definition) is 8. The van der Waals surface area contributed by atoms with E-state index in [1.807, 2.05) is 48.3 Å². The SMILES string of the molecule is CCOC(=O)C1CC1C1=NC2C(N=Nc3ccccc3)C(O)NN2C(c2ccc(C)cc2C)=C1. The average Bonchev–Trinajstić information content (AvgIpc) is 3.56. The van der Waals surface area contributed by atoms with Crippen molar-refractivity contribution < 1.29 is 14.6 Å². The maximum Gasteiger partial charge on any atom is 0.309 e. The summed E-state index contributed by atoms with van der Waals surface area (Å²) in [5.74, 6) is -0.346. The van der Waals surface area contributed by atoms with Crippen molar-refractivity contribution in [3.8, 4) is 0 Å². The summed E-state index contributed by atoms with van der Waals surface area (Å²) in [4.78, 5) is 17.3. The second-order valence-corrected chi connectivity index (χ2v) is 9.00. The molecule has 1 saturated heterocycles. The monoisotopic (exact) mass is 459 g/mol. The molecule has 176 valence electrons. The van der Waals surface area contributed by atoms with Crippen LogP contribution in [0.25, 0.3) is 5.70 Å². The smallest absolute Gasteiger partial charge is 0.309 e. The third-order valence-electron chi connectivity index (χ3n) is 6.47. The normalized spacial score (nSPS) is 27.9. The minimum Gasteiger partial charge on any atom is -0.466 e. The summed E-state index contributed by atoms with van der Waals surface area (Å²) in [6, 6.07) is 15.1. The molecule has 8 heteroatoms. The number of aliphatic hydroxyl groups excluding tert-OH is 1. The van der Waals surface area contributed by atoms with Crippen molar-refractivity contribution >= 4 is 23.1 Å². The molecule has 0 radical (unpaired) electrons. The van der Waals surface area contributed by atoms with E-state index in [-0.39, 0.29) is 17.8 Å². The molecule has 5 atom stereocenters. The van der Waals surface area contributed by atoms with Gasteiger partial charge in [0.05, 0.1) is 23.9 Å². The summed E-state index contributed by atoms with van der Waals surface area (Å²) in [6.45, 7) is 6.32. The first-order chi connectivity index (χ1) is 16.5. The number of aliphatic hydroxyl groups is 1. The molecule has 1 saturated carbocycles. The topological polar surface area (TPSA) is 98.9 Å². The number of nitrogens with zero attached hydrogens (tertiary/aromatic N) is 4. The van der Waals surface area contributed by atoms with Gasteiger partial charge in [0.25, 0.3) is 0 Å². The third-order valence-corrected chi connectivity index (χ3v) is 6.47. The second-order valence-electron chi connectivity index (χ2n) is 9.00. The number of carbonyl (C=O) groups excluding carboxylic acids is 1. The number of ether oxygens (including phenoxy) is 1. The van der Waals surface area contributed by atoms with Crippen LogP contribution in [0.4, 0.5) is 5.69 Å². The van der Waals surface area contributed by atoms with Crippen molar-refractivity contribution in [2.24, 2.45) is 27.1 Å². The molecule has 2 N–H and O–H groups in total. The zero-order valence-electron chi connectivity index (χ0n) is 19.5. The van der Waals surface area contributed by atoms with Crippen LogP contribution in [0, 0.1) is 25.7 Å². The Hall–Kier alpha value is -3.36. The number of aryl methyl sites for hydroxylation is 2. The fraction of sp³-hybridized carbons (Fsp3) is 0.385. The van der Waals surface area contributed by atoms with Gasteiger partial charge in [0.15, 0.2) is 12.2 Å². The molecule has 2 aromatic carbocycles. The molecular formula is C26H29N5O3. The van der Waals surface area contributed by atoms with Gasteiger partial charge in [0.1, 0.15) is 6.23 Å². The summed E-state index contributed by atoms with van der Waals surface area (Å²) < 4.78 is 5.23.